The maximum Gasteiger partial charge on any atom is 0.129 e. The van der Waals surface area contributed by atoms with Crippen molar-refractivity contribution in [3.63, 3.8) is 0 Å². The van der Waals surface area contributed by atoms with Crippen LogP contribution in [0.15, 0.2) is 22.7 Å². The molecule has 1 saturated heterocycles. The minimum Gasteiger partial charge on any atom is -0.507 e. The van der Waals surface area contributed by atoms with Crippen LogP contribution >= 0.6 is 15.9 Å². The molecule has 1 N–H and O–H groups in total. The third-order valence-corrected chi connectivity index (χ3v) is 3.67. The molecule has 17 heavy (non-hydrogen) atoms. The number of rotatable bonds is 3. The van der Waals surface area contributed by atoms with Gasteiger partial charge in [0.15, 0.2) is 0 Å². The molecule has 1 aromatic carbocycles. The highest BCUT2D eigenvalue weighted by Crippen LogP contribution is 2.30. The van der Waals surface area contributed by atoms with E-state index in [4.69, 9.17) is 4.74 Å². The lowest BCUT2D eigenvalue weighted by atomic mass is 10.1. The van der Waals surface area contributed by atoms with Gasteiger partial charge in [0, 0.05) is 13.1 Å². The molecule has 0 aliphatic carbocycles. The van der Waals surface area contributed by atoms with E-state index in [2.05, 4.69) is 27.8 Å². The first-order chi connectivity index (χ1) is 8.20. The van der Waals surface area contributed by atoms with Crippen molar-refractivity contribution in [3.05, 3.63) is 28.2 Å². The molecule has 4 heteroatoms. The summed E-state index contributed by atoms with van der Waals surface area (Å²) in [5.41, 5.74) is 1.12. The standard InChI is InChI=1S/C13H18BrNO2/c1-2-5-15-6-7-17-13(9-15)10-3-4-12(16)11(14)8-10/h3-4,8,13,16H,2,5-7,9H2,1H3. The summed E-state index contributed by atoms with van der Waals surface area (Å²) in [6.45, 7) is 6.05. The molecule has 0 spiro atoms. The highest BCUT2D eigenvalue weighted by Gasteiger charge is 2.21. The lowest BCUT2D eigenvalue weighted by molar-refractivity contribution is -0.0298. The Labute approximate surface area is 111 Å². The van der Waals surface area contributed by atoms with Gasteiger partial charge in [-0.05, 0) is 46.6 Å². The van der Waals surface area contributed by atoms with Crippen molar-refractivity contribution in [2.24, 2.45) is 0 Å². The van der Waals surface area contributed by atoms with Crippen molar-refractivity contribution in [3.8, 4) is 5.75 Å². The van der Waals surface area contributed by atoms with Gasteiger partial charge in [0.05, 0.1) is 17.2 Å². The number of phenols is 1. The van der Waals surface area contributed by atoms with E-state index in [9.17, 15) is 5.11 Å². The Hall–Kier alpha value is -0.580. The molecule has 1 unspecified atom stereocenters. The van der Waals surface area contributed by atoms with Crippen LogP contribution < -0.4 is 0 Å². The Morgan fingerprint density at radius 3 is 3.06 bits per heavy atom. The van der Waals surface area contributed by atoms with Crippen LogP contribution in [0.4, 0.5) is 0 Å². The molecule has 94 valence electrons. The van der Waals surface area contributed by atoms with Gasteiger partial charge < -0.3 is 9.84 Å². The number of hydrogen-bond donors (Lipinski definition) is 1. The smallest absolute Gasteiger partial charge is 0.129 e. The fourth-order valence-electron chi connectivity index (χ4n) is 2.15. The fourth-order valence-corrected chi connectivity index (χ4v) is 2.54. The first-order valence-corrected chi connectivity index (χ1v) is 6.82. The van der Waals surface area contributed by atoms with Gasteiger partial charge in [-0.1, -0.05) is 13.0 Å². The van der Waals surface area contributed by atoms with Crippen molar-refractivity contribution >= 4 is 15.9 Å². The van der Waals surface area contributed by atoms with Gasteiger partial charge in [-0.15, -0.1) is 0 Å². The maximum absolute atomic E-state index is 9.48. The molecule has 0 aromatic heterocycles. The summed E-state index contributed by atoms with van der Waals surface area (Å²) in [5, 5.41) is 9.48. The molecule has 1 atom stereocenters. The zero-order valence-corrected chi connectivity index (χ0v) is 11.6. The van der Waals surface area contributed by atoms with Crippen LogP contribution in [0.1, 0.15) is 25.0 Å². The van der Waals surface area contributed by atoms with E-state index in [0.717, 1.165) is 36.3 Å². The summed E-state index contributed by atoms with van der Waals surface area (Å²) >= 11 is 3.34. The molecule has 0 amide bonds. The van der Waals surface area contributed by atoms with Gasteiger partial charge in [-0.3, -0.25) is 4.90 Å². The number of halogens is 1. The van der Waals surface area contributed by atoms with Gasteiger partial charge in [-0.25, -0.2) is 0 Å². The number of morpholine rings is 1. The van der Waals surface area contributed by atoms with Crippen molar-refractivity contribution in [1.29, 1.82) is 0 Å². The third kappa shape index (κ3) is 3.21. The zero-order chi connectivity index (χ0) is 12.3. The summed E-state index contributed by atoms with van der Waals surface area (Å²) in [5.74, 6) is 0.273. The number of hydrogen-bond acceptors (Lipinski definition) is 3. The van der Waals surface area contributed by atoms with E-state index in [-0.39, 0.29) is 11.9 Å². The minimum atomic E-state index is 0.118. The van der Waals surface area contributed by atoms with Crippen molar-refractivity contribution in [1.82, 2.24) is 4.90 Å². The molecule has 2 rings (SSSR count). The quantitative estimate of drug-likeness (QED) is 0.931. The van der Waals surface area contributed by atoms with Crippen LogP contribution in [0.3, 0.4) is 0 Å². The highest BCUT2D eigenvalue weighted by molar-refractivity contribution is 9.10. The number of benzene rings is 1. The van der Waals surface area contributed by atoms with Gasteiger partial charge in [0.25, 0.3) is 0 Å². The summed E-state index contributed by atoms with van der Waals surface area (Å²) in [6, 6.07) is 5.58. The van der Waals surface area contributed by atoms with Gasteiger partial charge in [0.2, 0.25) is 0 Å². The highest BCUT2D eigenvalue weighted by atomic mass is 79.9. The van der Waals surface area contributed by atoms with Crippen molar-refractivity contribution in [2.75, 3.05) is 26.2 Å². The van der Waals surface area contributed by atoms with E-state index >= 15 is 0 Å². The van der Waals surface area contributed by atoms with Crippen LogP contribution in [0.5, 0.6) is 5.75 Å². The second-order valence-electron chi connectivity index (χ2n) is 4.37. The molecule has 0 radical (unpaired) electrons. The number of nitrogens with zero attached hydrogens (tertiary/aromatic N) is 1. The zero-order valence-electron chi connectivity index (χ0n) is 10.0. The van der Waals surface area contributed by atoms with Gasteiger partial charge >= 0.3 is 0 Å². The fraction of sp³-hybridized carbons (Fsp3) is 0.538. The summed E-state index contributed by atoms with van der Waals surface area (Å²) in [4.78, 5) is 2.43. The summed E-state index contributed by atoms with van der Waals surface area (Å²) in [7, 11) is 0. The van der Waals surface area contributed by atoms with Crippen LogP contribution in [-0.2, 0) is 4.74 Å². The van der Waals surface area contributed by atoms with Crippen LogP contribution in [0.25, 0.3) is 0 Å². The monoisotopic (exact) mass is 299 g/mol. The molecule has 0 bridgehead atoms. The molecule has 1 aliphatic rings. The first-order valence-electron chi connectivity index (χ1n) is 6.03. The van der Waals surface area contributed by atoms with Crippen molar-refractivity contribution in [2.45, 2.75) is 19.4 Å². The van der Waals surface area contributed by atoms with Gasteiger partial charge in [-0.2, -0.15) is 0 Å². The average molecular weight is 300 g/mol. The Kier molecular flexibility index (Phi) is 4.42. The first kappa shape index (κ1) is 12.9. The van der Waals surface area contributed by atoms with E-state index < -0.39 is 0 Å². The Balaban J connectivity index is 2.08. The minimum absolute atomic E-state index is 0.118. The molecule has 1 aromatic rings. The number of aromatic hydroxyl groups is 1. The van der Waals surface area contributed by atoms with E-state index in [0.29, 0.717) is 0 Å². The van der Waals surface area contributed by atoms with Crippen LogP contribution in [-0.4, -0.2) is 36.2 Å². The van der Waals surface area contributed by atoms with Gasteiger partial charge in [0.1, 0.15) is 5.75 Å². The van der Waals surface area contributed by atoms with E-state index in [1.807, 2.05) is 12.1 Å². The lowest BCUT2D eigenvalue weighted by Crippen LogP contribution is -2.38. The predicted molar refractivity (Wildman–Crippen MR) is 71.2 cm³/mol. The second kappa shape index (κ2) is 5.85. The topological polar surface area (TPSA) is 32.7 Å². The third-order valence-electron chi connectivity index (χ3n) is 3.03. The molecular weight excluding hydrogens is 282 g/mol. The largest absolute Gasteiger partial charge is 0.507 e. The SMILES string of the molecule is CCCN1CCOC(c2ccc(O)c(Br)c2)C1. The molecule has 1 fully saturated rings. The number of phenolic OH excluding ortho intramolecular Hbond substituents is 1. The Morgan fingerprint density at radius 2 is 2.35 bits per heavy atom. The van der Waals surface area contributed by atoms with Crippen LogP contribution in [0, 0.1) is 0 Å². The van der Waals surface area contributed by atoms with Crippen molar-refractivity contribution < 1.29 is 9.84 Å². The maximum atomic E-state index is 9.48. The Morgan fingerprint density at radius 1 is 1.53 bits per heavy atom. The average Bonchev–Trinajstić information content (AvgIpc) is 2.33. The predicted octanol–water partition coefficient (Wildman–Crippen LogP) is 2.94. The normalized spacial score (nSPS) is 21.6. The molecule has 0 saturated carbocycles. The molecule has 1 heterocycles. The molecule has 3 nitrogen and oxygen atoms in total. The van der Waals surface area contributed by atoms with E-state index in [1.165, 1.54) is 6.42 Å². The molecule has 1 aliphatic heterocycles. The molecular formula is C13H18BrNO2. The Bertz CT molecular complexity index is 382. The summed E-state index contributed by atoms with van der Waals surface area (Å²) < 4.78 is 6.52. The second-order valence-corrected chi connectivity index (χ2v) is 5.23. The lowest BCUT2D eigenvalue weighted by Gasteiger charge is -2.33. The summed E-state index contributed by atoms with van der Waals surface area (Å²) in [6.07, 6.45) is 1.29. The van der Waals surface area contributed by atoms with E-state index in [1.54, 1.807) is 6.07 Å². The number of ether oxygens (including phenoxy) is 1. The van der Waals surface area contributed by atoms with Crippen LogP contribution in [0.2, 0.25) is 0 Å².